The van der Waals surface area contributed by atoms with Gasteiger partial charge in [-0.25, -0.2) is 0 Å². The van der Waals surface area contributed by atoms with Crippen molar-refractivity contribution >= 4 is 11.8 Å². The van der Waals surface area contributed by atoms with Gasteiger partial charge in [0.2, 0.25) is 0 Å². The fraction of sp³-hybridized carbons (Fsp3) is 0.647. The van der Waals surface area contributed by atoms with Crippen molar-refractivity contribution in [3.8, 4) is 0 Å². The van der Waals surface area contributed by atoms with Crippen LogP contribution in [0.3, 0.4) is 0 Å². The Bertz CT molecular complexity index is 429. The van der Waals surface area contributed by atoms with Crippen molar-refractivity contribution in [1.29, 1.82) is 0 Å². The number of fused-ring (bicyclic) bond motifs is 1. The van der Waals surface area contributed by atoms with Gasteiger partial charge in [0.25, 0.3) is 0 Å². The molecule has 0 bridgehead atoms. The molecule has 1 aromatic rings. The summed E-state index contributed by atoms with van der Waals surface area (Å²) in [5, 5.41) is 4.65. The number of rotatable bonds is 5. The smallest absolute Gasteiger partial charge is 0.0208 e. The minimum atomic E-state index is 0.734. The molecule has 1 aromatic carbocycles. The van der Waals surface area contributed by atoms with Crippen LogP contribution in [0.15, 0.2) is 18.2 Å². The SMILES string of the molecule is CCSC1CCCC1NCc1ccc2c(c1)CCC2. The van der Waals surface area contributed by atoms with Crippen molar-refractivity contribution < 1.29 is 0 Å². The summed E-state index contributed by atoms with van der Waals surface area (Å²) in [6, 6.07) is 7.85. The van der Waals surface area contributed by atoms with Gasteiger partial charge in [-0.1, -0.05) is 31.5 Å². The molecule has 2 atom stereocenters. The Morgan fingerprint density at radius 3 is 2.95 bits per heavy atom. The first-order chi connectivity index (χ1) is 9.36. The van der Waals surface area contributed by atoms with E-state index in [1.54, 1.807) is 11.1 Å². The van der Waals surface area contributed by atoms with Crippen molar-refractivity contribution in [3.63, 3.8) is 0 Å². The molecule has 0 spiro atoms. The van der Waals surface area contributed by atoms with Gasteiger partial charge in [-0.15, -0.1) is 0 Å². The second-order valence-electron chi connectivity index (χ2n) is 5.87. The van der Waals surface area contributed by atoms with Crippen molar-refractivity contribution in [3.05, 3.63) is 34.9 Å². The number of aryl methyl sites for hydroxylation is 2. The van der Waals surface area contributed by atoms with Crippen LogP contribution in [-0.4, -0.2) is 17.0 Å². The maximum absolute atomic E-state index is 3.80. The van der Waals surface area contributed by atoms with Crippen LogP contribution in [0.1, 0.15) is 49.3 Å². The Balaban J connectivity index is 1.57. The molecule has 19 heavy (non-hydrogen) atoms. The lowest BCUT2D eigenvalue weighted by Crippen LogP contribution is -2.33. The average Bonchev–Trinajstić information content (AvgIpc) is 3.05. The monoisotopic (exact) mass is 275 g/mol. The summed E-state index contributed by atoms with van der Waals surface area (Å²) < 4.78 is 0. The van der Waals surface area contributed by atoms with Crippen LogP contribution < -0.4 is 5.32 Å². The highest BCUT2D eigenvalue weighted by Crippen LogP contribution is 2.30. The van der Waals surface area contributed by atoms with Crippen molar-refractivity contribution in [2.24, 2.45) is 0 Å². The first-order valence-corrected chi connectivity index (χ1v) is 8.87. The van der Waals surface area contributed by atoms with E-state index < -0.39 is 0 Å². The molecule has 1 N–H and O–H groups in total. The minimum absolute atomic E-state index is 0.734. The third kappa shape index (κ3) is 3.17. The zero-order valence-corrected chi connectivity index (χ0v) is 12.8. The average molecular weight is 275 g/mol. The first kappa shape index (κ1) is 13.5. The van der Waals surface area contributed by atoms with Crippen LogP contribution in [0, 0.1) is 0 Å². The van der Waals surface area contributed by atoms with Gasteiger partial charge in [-0.3, -0.25) is 0 Å². The summed E-state index contributed by atoms with van der Waals surface area (Å²) in [4.78, 5) is 0. The summed E-state index contributed by atoms with van der Waals surface area (Å²) in [6.07, 6.45) is 8.11. The lowest BCUT2D eigenvalue weighted by molar-refractivity contribution is 0.532. The lowest BCUT2D eigenvalue weighted by atomic mass is 10.1. The Morgan fingerprint density at radius 1 is 1.16 bits per heavy atom. The highest BCUT2D eigenvalue weighted by molar-refractivity contribution is 7.99. The van der Waals surface area contributed by atoms with Crippen molar-refractivity contribution in [1.82, 2.24) is 5.32 Å². The summed E-state index contributed by atoms with van der Waals surface area (Å²) in [7, 11) is 0. The molecule has 1 saturated carbocycles. The quantitative estimate of drug-likeness (QED) is 0.873. The number of hydrogen-bond donors (Lipinski definition) is 1. The van der Waals surface area contributed by atoms with E-state index in [4.69, 9.17) is 0 Å². The standard InChI is InChI=1S/C17H25NS/c1-2-19-17-8-4-7-16(17)18-12-13-9-10-14-5-3-6-15(14)11-13/h9-11,16-18H,2-8,12H2,1H3. The molecule has 2 heteroatoms. The summed E-state index contributed by atoms with van der Waals surface area (Å²) in [5.74, 6) is 1.25. The minimum Gasteiger partial charge on any atom is -0.309 e. The van der Waals surface area contributed by atoms with Gasteiger partial charge in [-0.2, -0.15) is 11.8 Å². The van der Waals surface area contributed by atoms with Crippen molar-refractivity contribution in [2.45, 2.75) is 63.3 Å². The maximum atomic E-state index is 3.80. The van der Waals surface area contributed by atoms with E-state index in [2.05, 4.69) is 42.2 Å². The third-order valence-electron chi connectivity index (χ3n) is 4.56. The summed E-state index contributed by atoms with van der Waals surface area (Å²) in [5.41, 5.74) is 4.67. The Hall–Kier alpha value is -0.470. The Morgan fingerprint density at radius 2 is 2.05 bits per heavy atom. The van der Waals surface area contributed by atoms with Gasteiger partial charge in [0.1, 0.15) is 0 Å². The normalized spacial score (nSPS) is 25.7. The molecule has 2 unspecified atom stereocenters. The van der Waals surface area contributed by atoms with Crippen LogP contribution in [0.2, 0.25) is 0 Å². The molecule has 2 aliphatic carbocycles. The molecule has 2 aliphatic rings. The Labute approximate surface area is 121 Å². The van der Waals surface area contributed by atoms with E-state index in [-0.39, 0.29) is 0 Å². The topological polar surface area (TPSA) is 12.0 Å². The van der Waals surface area contributed by atoms with E-state index in [9.17, 15) is 0 Å². The molecule has 1 fully saturated rings. The zero-order chi connectivity index (χ0) is 13.1. The molecular weight excluding hydrogens is 250 g/mol. The van der Waals surface area contributed by atoms with E-state index in [1.807, 2.05) is 0 Å². The van der Waals surface area contributed by atoms with Crippen molar-refractivity contribution in [2.75, 3.05) is 5.75 Å². The van der Waals surface area contributed by atoms with Gasteiger partial charge in [0.15, 0.2) is 0 Å². The van der Waals surface area contributed by atoms with Gasteiger partial charge in [0.05, 0.1) is 0 Å². The van der Waals surface area contributed by atoms with Gasteiger partial charge < -0.3 is 5.32 Å². The van der Waals surface area contributed by atoms with Crippen LogP contribution in [0.5, 0.6) is 0 Å². The molecule has 0 saturated heterocycles. The fourth-order valence-corrected chi connectivity index (χ4v) is 4.78. The lowest BCUT2D eigenvalue weighted by Gasteiger charge is -2.20. The van der Waals surface area contributed by atoms with Gasteiger partial charge >= 0.3 is 0 Å². The highest BCUT2D eigenvalue weighted by atomic mass is 32.2. The first-order valence-electron chi connectivity index (χ1n) is 7.82. The molecule has 104 valence electrons. The second-order valence-corrected chi connectivity index (χ2v) is 7.38. The van der Waals surface area contributed by atoms with E-state index in [0.29, 0.717) is 0 Å². The van der Waals surface area contributed by atoms with E-state index >= 15 is 0 Å². The van der Waals surface area contributed by atoms with Crippen LogP contribution >= 0.6 is 11.8 Å². The second kappa shape index (κ2) is 6.32. The van der Waals surface area contributed by atoms with E-state index in [1.165, 1.54) is 49.8 Å². The molecule has 0 radical (unpaired) electrons. The molecule has 3 rings (SSSR count). The van der Waals surface area contributed by atoms with Crippen LogP contribution in [0.4, 0.5) is 0 Å². The predicted molar refractivity (Wildman–Crippen MR) is 84.9 cm³/mol. The summed E-state index contributed by atoms with van der Waals surface area (Å²) >= 11 is 2.14. The summed E-state index contributed by atoms with van der Waals surface area (Å²) in [6.45, 7) is 3.33. The van der Waals surface area contributed by atoms with Crippen LogP contribution in [0.25, 0.3) is 0 Å². The largest absolute Gasteiger partial charge is 0.309 e. The highest BCUT2D eigenvalue weighted by Gasteiger charge is 2.26. The molecule has 0 aliphatic heterocycles. The van der Waals surface area contributed by atoms with Gasteiger partial charge in [0, 0.05) is 17.8 Å². The molecule has 0 heterocycles. The molecule has 0 aromatic heterocycles. The molecule has 1 nitrogen and oxygen atoms in total. The van der Waals surface area contributed by atoms with Crippen LogP contribution in [-0.2, 0) is 19.4 Å². The third-order valence-corrected chi connectivity index (χ3v) is 5.89. The Kier molecular flexibility index (Phi) is 4.49. The number of thioether (sulfide) groups is 1. The molecule has 0 amide bonds. The predicted octanol–water partition coefficient (Wildman–Crippen LogP) is 3.94. The molecular formula is C17H25NS. The number of nitrogens with one attached hydrogen (secondary N) is 1. The number of benzene rings is 1. The maximum Gasteiger partial charge on any atom is 0.0208 e. The van der Waals surface area contributed by atoms with E-state index in [0.717, 1.165) is 17.8 Å². The number of hydrogen-bond acceptors (Lipinski definition) is 2. The zero-order valence-electron chi connectivity index (χ0n) is 12.0. The van der Waals surface area contributed by atoms with Gasteiger partial charge in [-0.05, 0) is 54.5 Å². The fourth-order valence-electron chi connectivity index (χ4n) is 3.56.